The number of phenolic OH excluding ortho intramolecular Hbond substituents is 1. The molecule has 6 heteroatoms. The highest BCUT2D eigenvalue weighted by atomic mass is 79.9. The lowest BCUT2D eigenvalue weighted by Gasteiger charge is -2.35. The molecule has 0 aromatic heterocycles. The van der Waals surface area contributed by atoms with Crippen LogP contribution in [0.2, 0.25) is 0 Å². The van der Waals surface area contributed by atoms with Crippen LogP contribution >= 0.6 is 15.9 Å². The van der Waals surface area contributed by atoms with Crippen molar-refractivity contribution in [2.75, 3.05) is 11.9 Å². The summed E-state index contributed by atoms with van der Waals surface area (Å²) in [4.78, 5) is 19.9. The van der Waals surface area contributed by atoms with Crippen molar-refractivity contribution >= 4 is 44.9 Å². The maximum Gasteiger partial charge on any atom is 0.214 e. The number of aromatic hydroxyl groups is 1. The summed E-state index contributed by atoms with van der Waals surface area (Å²) in [5.41, 5.74) is 3.08. The van der Waals surface area contributed by atoms with Crippen molar-refractivity contribution in [3.8, 4) is 5.75 Å². The lowest BCUT2D eigenvalue weighted by molar-refractivity contribution is -0.501. The molecule has 1 aromatic rings. The number of nitrogens with zero attached hydrogens (tertiary/aromatic N) is 1. The van der Waals surface area contributed by atoms with Gasteiger partial charge in [0.25, 0.3) is 0 Å². The van der Waals surface area contributed by atoms with E-state index in [1.54, 1.807) is 0 Å². The van der Waals surface area contributed by atoms with Crippen molar-refractivity contribution in [3.63, 3.8) is 0 Å². The predicted octanol–water partition coefficient (Wildman–Crippen LogP) is 0.181. The second-order valence-corrected chi connectivity index (χ2v) is 7.45. The molecule has 1 aromatic carbocycles. The van der Waals surface area contributed by atoms with E-state index >= 15 is 0 Å². The van der Waals surface area contributed by atoms with Crippen LogP contribution < -0.4 is 20.9 Å². The predicted molar refractivity (Wildman–Crippen MR) is 94.2 cm³/mol. The number of aliphatic imine (C=N–C) groups is 1. The van der Waals surface area contributed by atoms with Gasteiger partial charge in [0.1, 0.15) is 12.2 Å². The smallest absolute Gasteiger partial charge is 0.214 e. The minimum Gasteiger partial charge on any atom is -0.504 e. The fourth-order valence-corrected chi connectivity index (χ4v) is 4.77. The van der Waals surface area contributed by atoms with Gasteiger partial charge in [-0.3, -0.25) is 9.79 Å². The lowest BCUT2D eigenvalue weighted by atomic mass is 9.70. The second-order valence-electron chi connectivity index (χ2n) is 6.59. The molecule has 0 amide bonds. The molecule has 0 saturated heterocycles. The van der Waals surface area contributed by atoms with Gasteiger partial charge in [0, 0.05) is 24.5 Å². The summed E-state index contributed by atoms with van der Waals surface area (Å²) >= 11 is 3.41. The van der Waals surface area contributed by atoms with Crippen LogP contribution in [0, 0.1) is 0 Å². The highest BCUT2D eigenvalue weighted by Crippen LogP contribution is 2.47. The fraction of sp³-hybridized carbons (Fsp3) is 0.278. The van der Waals surface area contributed by atoms with Gasteiger partial charge in [0.2, 0.25) is 5.36 Å². The van der Waals surface area contributed by atoms with E-state index in [1.807, 2.05) is 18.5 Å². The number of allylic oxidation sites excluding steroid dienone is 3. The van der Waals surface area contributed by atoms with Gasteiger partial charge in [-0.25, -0.2) is 4.99 Å². The van der Waals surface area contributed by atoms with Crippen molar-refractivity contribution in [3.05, 3.63) is 39.0 Å². The highest BCUT2D eigenvalue weighted by molar-refractivity contribution is 9.12. The number of rotatable bonds is 0. The number of hydrogen-bond acceptors (Lipinski definition) is 4. The van der Waals surface area contributed by atoms with Crippen molar-refractivity contribution in [1.82, 2.24) is 0 Å². The standard InChI is InChI=1S/C18H14BrN3O2/c19-10-7-18(3-1-11(10)23)4-6-21-16-13(18)14-12-9(2-5-20-14)8-22-15(12)17(16)24/h4,6-8,21,24H,1-3,5H2/p+1. The first-order chi connectivity index (χ1) is 11.6. The zero-order valence-electron chi connectivity index (χ0n) is 12.8. The monoisotopic (exact) mass is 384 g/mol. The van der Waals surface area contributed by atoms with E-state index in [1.165, 1.54) is 0 Å². The topological polar surface area (TPSA) is 75.7 Å². The van der Waals surface area contributed by atoms with Crippen LogP contribution in [0.15, 0.2) is 27.8 Å². The Labute approximate surface area is 146 Å². The summed E-state index contributed by atoms with van der Waals surface area (Å²) in [6.07, 6.45) is 9.83. The van der Waals surface area contributed by atoms with Gasteiger partial charge in [0.05, 0.1) is 21.0 Å². The van der Waals surface area contributed by atoms with Gasteiger partial charge in [-0.2, -0.15) is 0 Å². The van der Waals surface area contributed by atoms with Gasteiger partial charge in [-0.05, 0) is 34.1 Å². The molecule has 5 rings (SSSR count). The van der Waals surface area contributed by atoms with Crippen molar-refractivity contribution in [2.45, 2.75) is 24.7 Å². The van der Waals surface area contributed by atoms with Crippen LogP contribution in [-0.2, 0) is 10.2 Å². The number of hydrogen-bond donors (Lipinski definition) is 3. The Balaban J connectivity index is 1.93. The molecule has 24 heavy (non-hydrogen) atoms. The maximum atomic E-state index is 12.0. The first kappa shape index (κ1) is 14.2. The van der Waals surface area contributed by atoms with Crippen LogP contribution in [0.5, 0.6) is 5.75 Å². The Morgan fingerprint density at radius 1 is 1.38 bits per heavy atom. The van der Waals surface area contributed by atoms with Gasteiger partial charge >= 0.3 is 0 Å². The fourth-order valence-electron chi connectivity index (χ4n) is 4.17. The molecular weight excluding hydrogens is 370 g/mol. The van der Waals surface area contributed by atoms with E-state index in [0.717, 1.165) is 34.7 Å². The largest absolute Gasteiger partial charge is 0.504 e. The van der Waals surface area contributed by atoms with Gasteiger partial charge < -0.3 is 10.4 Å². The van der Waals surface area contributed by atoms with Gasteiger partial charge in [-0.15, -0.1) is 0 Å². The van der Waals surface area contributed by atoms with E-state index < -0.39 is 5.41 Å². The van der Waals surface area contributed by atoms with Gasteiger partial charge in [0.15, 0.2) is 11.5 Å². The molecule has 1 atom stereocenters. The van der Waals surface area contributed by atoms with Crippen molar-refractivity contribution in [2.24, 2.45) is 4.99 Å². The number of benzene rings is 1. The number of anilines is 1. The third kappa shape index (κ3) is 1.66. The number of fused-ring (bicyclic) bond motifs is 3. The Morgan fingerprint density at radius 2 is 2.25 bits per heavy atom. The minimum atomic E-state index is -0.410. The number of Topliss-reactive ketones (excluding diaryl/α,β-unsaturated/α-hetero) is 1. The summed E-state index contributed by atoms with van der Waals surface area (Å²) in [6, 6.07) is 0. The van der Waals surface area contributed by atoms with Gasteiger partial charge in [-0.1, -0.05) is 12.2 Å². The molecule has 0 fully saturated rings. The minimum absolute atomic E-state index is 0.122. The number of halogens is 1. The van der Waals surface area contributed by atoms with E-state index in [0.29, 0.717) is 28.7 Å². The van der Waals surface area contributed by atoms with E-state index in [-0.39, 0.29) is 11.5 Å². The van der Waals surface area contributed by atoms with Crippen molar-refractivity contribution < 1.29 is 14.9 Å². The van der Waals surface area contributed by atoms with E-state index in [4.69, 9.17) is 0 Å². The summed E-state index contributed by atoms with van der Waals surface area (Å²) in [5.74, 6) is 0.306. The SMILES string of the molecule is O=C1CCC2(C=CNc3c(O)c4c5c(c32)=[NH+]CCC=5C=N4)C=C1Br. The summed E-state index contributed by atoms with van der Waals surface area (Å²) < 4.78 is 0.606. The maximum absolute atomic E-state index is 12.0. The zero-order chi connectivity index (χ0) is 16.5. The normalized spacial score (nSPS) is 26.0. The molecule has 0 saturated carbocycles. The zero-order valence-corrected chi connectivity index (χ0v) is 14.4. The van der Waals surface area contributed by atoms with Crippen LogP contribution in [0.3, 0.4) is 0 Å². The number of phenols is 1. The highest BCUT2D eigenvalue weighted by Gasteiger charge is 2.42. The molecule has 120 valence electrons. The third-order valence-electron chi connectivity index (χ3n) is 5.30. The van der Waals surface area contributed by atoms with Crippen molar-refractivity contribution in [1.29, 1.82) is 0 Å². The Kier molecular flexibility index (Phi) is 2.75. The van der Waals surface area contributed by atoms with Crippen LogP contribution in [0.4, 0.5) is 11.4 Å². The van der Waals surface area contributed by atoms with E-state index in [9.17, 15) is 9.90 Å². The molecule has 3 N–H and O–H groups in total. The molecule has 3 heterocycles. The lowest BCUT2D eigenvalue weighted by Crippen LogP contribution is -2.83. The van der Waals surface area contributed by atoms with E-state index in [2.05, 4.69) is 37.3 Å². The van der Waals surface area contributed by atoms with Crippen LogP contribution in [0.1, 0.15) is 24.8 Å². The number of carbonyl (C=O) groups excluding carboxylic acids is 1. The number of ketones is 1. The molecule has 1 unspecified atom stereocenters. The van der Waals surface area contributed by atoms with Crippen LogP contribution in [-0.4, -0.2) is 23.6 Å². The molecule has 5 nitrogen and oxygen atoms in total. The molecular formula is C18H15BrN3O2+. The first-order valence-electron chi connectivity index (χ1n) is 8.04. The molecule has 0 radical (unpaired) electrons. The molecule has 4 aliphatic rings. The number of nitrogens with one attached hydrogen (secondary N) is 2. The Bertz CT molecular complexity index is 1040. The average molecular weight is 385 g/mol. The molecule has 3 aliphatic heterocycles. The average Bonchev–Trinajstić information content (AvgIpc) is 3.02. The summed E-state index contributed by atoms with van der Waals surface area (Å²) in [5, 5.41) is 16.0. The first-order valence-corrected chi connectivity index (χ1v) is 8.83. The third-order valence-corrected chi connectivity index (χ3v) is 5.98. The summed E-state index contributed by atoms with van der Waals surface area (Å²) in [7, 11) is 0. The molecule has 1 aliphatic carbocycles. The van der Waals surface area contributed by atoms with Crippen LogP contribution in [0.25, 0.3) is 5.57 Å². The number of carbonyl (C=O) groups is 1. The quantitative estimate of drug-likeness (QED) is 0.558. The second kappa shape index (κ2) is 4.66. The Morgan fingerprint density at radius 3 is 3.08 bits per heavy atom. The molecule has 1 spiro atoms. The Hall–Kier alpha value is -2.21. The molecule has 0 bridgehead atoms. The summed E-state index contributed by atoms with van der Waals surface area (Å²) in [6.45, 7) is 0.842.